The Balaban J connectivity index is 1.36. The van der Waals surface area contributed by atoms with Crippen molar-refractivity contribution in [3.8, 4) is 28.4 Å². The molecule has 0 bridgehead atoms. The number of aliphatic hydroxyl groups is 1. The van der Waals surface area contributed by atoms with E-state index in [0.29, 0.717) is 48.3 Å². The number of amides is 1. The third kappa shape index (κ3) is 8.42. The van der Waals surface area contributed by atoms with Gasteiger partial charge in [-0.25, -0.2) is 10.4 Å². The SMILES string of the molecule is COc1ccc(CNNC(=O)[C@@]2(Cc3ccc(Br)cc3)N=C(c3ccc(OCCCO)cc3)O[C@H]2c2ccc(-c3ccccc3)cc2)cc1OC. The Morgan fingerprint density at radius 1 is 0.824 bits per heavy atom. The van der Waals surface area contributed by atoms with Crippen molar-refractivity contribution in [2.75, 3.05) is 27.4 Å². The molecule has 0 aliphatic carbocycles. The molecule has 0 aromatic heterocycles. The lowest BCUT2D eigenvalue weighted by atomic mass is 9.82. The van der Waals surface area contributed by atoms with Crippen LogP contribution in [0.25, 0.3) is 11.1 Å². The number of hydrogen-bond acceptors (Lipinski definition) is 8. The summed E-state index contributed by atoms with van der Waals surface area (Å²) in [6.07, 6.45) is 0.0429. The summed E-state index contributed by atoms with van der Waals surface area (Å²) in [4.78, 5) is 19.8. The second-order valence-corrected chi connectivity index (χ2v) is 13.0. The normalized spacial score (nSPS) is 16.5. The fourth-order valence-electron chi connectivity index (χ4n) is 6.00. The number of aliphatic imine (C=N–C) groups is 1. The van der Waals surface area contributed by atoms with Gasteiger partial charge in [-0.2, -0.15) is 0 Å². The van der Waals surface area contributed by atoms with Gasteiger partial charge < -0.3 is 24.1 Å². The van der Waals surface area contributed by atoms with E-state index >= 15 is 0 Å². The number of aliphatic hydroxyl groups excluding tert-OH is 1. The maximum atomic E-state index is 14.6. The van der Waals surface area contributed by atoms with E-state index in [-0.39, 0.29) is 18.9 Å². The van der Waals surface area contributed by atoms with Gasteiger partial charge in [-0.1, -0.05) is 88.7 Å². The number of ether oxygens (including phenoxy) is 4. The fraction of sp³-hybridized carbons (Fsp3) is 0.220. The molecule has 0 radical (unpaired) electrons. The summed E-state index contributed by atoms with van der Waals surface area (Å²) in [6, 6.07) is 39.1. The van der Waals surface area contributed by atoms with Crippen molar-refractivity contribution in [2.45, 2.75) is 31.0 Å². The smallest absolute Gasteiger partial charge is 0.266 e. The highest BCUT2D eigenvalue weighted by atomic mass is 79.9. The van der Waals surface area contributed by atoms with Gasteiger partial charge in [0, 0.05) is 36.0 Å². The van der Waals surface area contributed by atoms with Gasteiger partial charge in [-0.15, -0.1) is 0 Å². The van der Waals surface area contributed by atoms with Crippen LogP contribution in [0, 0.1) is 0 Å². The van der Waals surface area contributed by atoms with E-state index in [0.717, 1.165) is 32.3 Å². The van der Waals surface area contributed by atoms with E-state index in [4.69, 9.17) is 29.0 Å². The number of nitrogens with one attached hydrogen (secondary N) is 2. The maximum absolute atomic E-state index is 14.6. The summed E-state index contributed by atoms with van der Waals surface area (Å²) < 4.78 is 24.2. The molecule has 1 aliphatic heterocycles. The van der Waals surface area contributed by atoms with Gasteiger partial charge in [0.25, 0.3) is 5.91 Å². The van der Waals surface area contributed by atoms with Gasteiger partial charge in [0.1, 0.15) is 5.75 Å². The number of carbonyl (C=O) groups is 1. The van der Waals surface area contributed by atoms with Gasteiger partial charge in [-0.05, 0) is 76.3 Å². The molecule has 0 saturated carbocycles. The minimum atomic E-state index is -1.39. The molecule has 10 heteroatoms. The minimum absolute atomic E-state index is 0.0576. The molecule has 0 unspecified atom stereocenters. The van der Waals surface area contributed by atoms with Crippen LogP contribution in [0.5, 0.6) is 17.2 Å². The first-order chi connectivity index (χ1) is 24.9. The standard InChI is InChI=1S/C41H40BrN3O6/c1-48-36-22-11-29(25-37(36)49-2)27-43-45-40(47)41(26-28-9-18-34(42)19-10-28)38(32-14-12-31(13-15-32)30-7-4-3-5-8-30)51-39(44-41)33-16-20-35(21-17-33)50-24-6-23-46/h3-5,7-22,25,38,43,46H,6,23-24,26-27H2,1-2H3,(H,45,47)/t38-,41-/m0/s1. The number of halogens is 1. The van der Waals surface area contributed by atoms with Crippen molar-refractivity contribution in [1.82, 2.24) is 10.9 Å². The largest absolute Gasteiger partial charge is 0.494 e. The lowest BCUT2D eigenvalue weighted by Crippen LogP contribution is -2.53. The molecule has 1 amide bonds. The number of nitrogens with zero attached hydrogens (tertiary/aromatic N) is 1. The van der Waals surface area contributed by atoms with Gasteiger partial charge in [-0.3, -0.25) is 10.2 Å². The molecule has 5 aromatic rings. The Labute approximate surface area is 306 Å². The average Bonchev–Trinajstić information content (AvgIpc) is 3.56. The van der Waals surface area contributed by atoms with Crippen LogP contribution in [-0.2, 0) is 22.5 Å². The van der Waals surface area contributed by atoms with Crippen molar-refractivity contribution in [1.29, 1.82) is 0 Å². The van der Waals surface area contributed by atoms with Crippen LogP contribution in [0.1, 0.15) is 34.8 Å². The van der Waals surface area contributed by atoms with Crippen molar-refractivity contribution >= 4 is 27.7 Å². The summed E-state index contributed by atoms with van der Waals surface area (Å²) in [5.74, 6) is 1.88. The van der Waals surface area contributed by atoms with E-state index in [1.165, 1.54) is 0 Å². The number of carbonyl (C=O) groups excluding carboxylic acids is 1. The van der Waals surface area contributed by atoms with Crippen LogP contribution in [-0.4, -0.2) is 49.9 Å². The summed E-state index contributed by atoms with van der Waals surface area (Å²) in [6.45, 7) is 0.787. The van der Waals surface area contributed by atoms with E-state index < -0.39 is 11.6 Å². The highest BCUT2D eigenvalue weighted by Crippen LogP contribution is 2.43. The third-order valence-corrected chi connectivity index (χ3v) is 9.21. The van der Waals surface area contributed by atoms with Crippen LogP contribution in [0.2, 0.25) is 0 Å². The molecular weight excluding hydrogens is 710 g/mol. The van der Waals surface area contributed by atoms with E-state index in [9.17, 15) is 4.79 Å². The highest BCUT2D eigenvalue weighted by molar-refractivity contribution is 9.10. The average molecular weight is 751 g/mol. The van der Waals surface area contributed by atoms with Crippen molar-refractivity contribution < 1.29 is 28.8 Å². The molecule has 1 heterocycles. The molecule has 262 valence electrons. The highest BCUT2D eigenvalue weighted by Gasteiger charge is 2.53. The van der Waals surface area contributed by atoms with E-state index in [1.54, 1.807) is 14.2 Å². The molecule has 5 aromatic carbocycles. The number of hydrogen-bond donors (Lipinski definition) is 3. The molecule has 1 aliphatic rings. The van der Waals surface area contributed by atoms with Crippen LogP contribution >= 0.6 is 15.9 Å². The van der Waals surface area contributed by atoms with Crippen LogP contribution in [0.15, 0.2) is 131 Å². The first kappa shape index (κ1) is 35.7. The number of hydrazine groups is 1. The van der Waals surface area contributed by atoms with Crippen LogP contribution < -0.4 is 25.1 Å². The number of benzene rings is 5. The third-order valence-electron chi connectivity index (χ3n) is 8.68. The zero-order valence-corrected chi connectivity index (χ0v) is 30.1. The van der Waals surface area contributed by atoms with Crippen LogP contribution in [0.3, 0.4) is 0 Å². The van der Waals surface area contributed by atoms with E-state index in [1.807, 2.05) is 109 Å². The van der Waals surface area contributed by atoms with Gasteiger partial charge >= 0.3 is 0 Å². The summed E-state index contributed by atoms with van der Waals surface area (Å²) in [5, 5.41) is 9.13. The molecule has 0 spiro atoms. The Kier molecular flexibility index (Phi) is 11.7. The minimum Gasteiger partial charge on any atom is -0.494 e. The molecule has 3 N–H and O–H groups in total. The number of methoxy groups -OCH3 is 2. The number of rotatable bonds is 15. The topological polar surface area (TPSA) is 111 Å². The lowest BCUT2D eigenvalue weighted by Gasteiger charge is -2.31. The summed E-state index contributed by atoms with van der Waals surface area (Å²) in [5.41, 5.74) is 10.1. The van der Waals surface area contributed by atoms with E-state index in [2.05, 4.69) is 38.9 Å². The zero-order valence-electron chi connectivity index (χ0n) is 28.5. The predicted molar refractivity (Wildman–Crippen MR) is 201 cm³/mol. The Morgan fingerprint density at radius 2 is 1.49 bits per heavy atom. The Hall–Kier alpha value is -5.16. The summed E-state index contributed by atoms with van der Waals surface area (Å²) >= 11 is 3.54. The van der Waals surface area contributed by atoms with Crippen molar-refractivity contribution in [3.05, 3.63) is 148 Å². The quantitative estimate of drug-likeness (QED) is 0.0767. The molecule has 51 heavy (non-hydrogen) atoms. The monoisotopic (exact) mass is 749 g/mol. The second-order valence-electron chi connectivity index (χ2n) is 12.1. The molecule has 2 atom stereocenters. The first-order valence-electron chi connectivity index (χ1n) is 16.7. The Morgan fingerprint density at radius 3 is 2.18 bits per heavy atom. The molecule has 6 rings (SSSR count). The predicted octanol–water partition coefficient (Wildman–Crippen LogP) is 7.22. The summed E-state index contributed by atoms with van der Waals surface area (Å²) in [7, 11) is 3.18. The van der Waals surface area contributed by atoms with Gasteiger partial charge in [0.05, 0.1) is 20.8 Å². The van der Waals surface area contributed by atoms with Crippen molar-refractivity contribution in [3.63, 3.8) is 0 Å². The Bertz CT molecular complexity index is 1940. The molecule has 0 saturated heterocycles. The lowest BCUT2D eigenvalue weighted by molar-refractivity contribution is -0.130. The first-order valence-corrected chi connectivity index (χ1v) is 17.5. The molecular formula is C41H40BrN3O6. The van der Waals surface area contributed by atoms with Gasteiger partial charge in [0.15, 0.2) is 23.1 Å². The van der Waals surface area contributed by atoms with Crippen LogP contribution in [0.4, 0.5) is 0 Å². The maximum Gasteiger partial charge on any atom is 0.266 e. The zero-order chi connectivity index (χ0) is 35.6. The van der Waals surface area contributed by atoms with Crippen molar-refractivity contribution in [2.24, 2.45) is 4.99 Å². The fourth-order valence-corrected chi connectivity index (χ4v) is 6.27. The molecule has 0 fully saturated rings. The van der Waals surface area contributed by atoms with Gasteiger partial charge in [0.2, 0.25) is 5.90 Å². The molecule has 9 nitrogen and oxygen atoms in total. The second kappa shape index (κ2) is 16.7.